The molecule has 2 atom stereocenters. The highest BCUT2D eigenvalue weighted by Gasteiger charge is 2.42. The van der Waals surface area contributed by atoms with E-state index < -0.39 is 5.92 Å². The zero-order valence-electron chi connectivity index (χ0n) is 13.8. The van der Waals surface area contributed by atoms with Crippen molar-refractivity contribution in [3.8, 4) is 0 Å². The molecule has 0 aliphatic heterocycles. The number of hydrogen-bond donors (Lipinski definition) is 0. The fourth-order valence-electron chi connectivity index (χ4n) is 3.78. The van der Waals surface area contributed by atoms with Crippen LogP contribution in [0.15, 0.2) is 36.7 Å². The molecule has 0 saturated heterocycles. The van der Waals surface area contributed by atoms with E-state index in [1.54, 1.807) is 12.4 Å². The van der Waals surface area contributed by atoms with Crippen molar-refractivity contribution in [3.05, 3.63) is 64.5 Å². The van der Waals surface area contributed by atoms with E-state index in [2.05, 4.69) is 17.1 Å². The number of Topliss-reactive ketones (excluding diaryl/α,β-unsaturated/α-hetero) is 2. The minimum absolute atomic E-state index is 0.0594. The van der Waals surface area contributed by atoms with E-state index >= 15 is 0 Å². The number of pyridine rings is 1. The number of carbonyl (C=O) groups excluding carboxylic acids is 2. The summed E-state index contributed by atoms with van der Waals surface area (Å²) < 4.78 is 0. The van der Waals surface area contributed by atoms with Crippen LogP contribution in [0.1, 0.15) is 40.2 Å². The zero-order chi connectivity index (χ0) is 16.6. The van der Waals surface area contributed by atoms with Gasteiger partial charge in [0.15, 0.2) is 5.78 Å². The first kappa shape index (κ1) is 15.6. The Morgan fingerprint density at radius 1 is 1.04 bits per heavy atom. The van der Waals surface area contributed by atoms with E-state index in [0.717, 1.165) is 27.8 Å². The molecule has 1 aromatic carbocycles. The highest BCUT2D eigenvalue weighted by molar-refractivity contribution is 6.15. The highest BCUT2D eigenvalue weighted by atomic mass is 16.2. The molecule has 118 valence electrons. The largest absolute Gasteiger partial charge is 0.298 e. The first-order chi connectivity index (χ1) is 11.0. The Balaban J connectivity index is 1.91. The van der Waals surface area contributed by atoms with E-state index in [-0.39, 0.29) is 17.5 Å². The Morgan fingerprint density at radius 3 is 2.26 bits per heavy atom. The quantitative estimate of drug-likeness (QED) is 0.816. The first-order valence-corrected chi connectivity index (χ1v) is 8.00. The Labute approximate surface area is 136 Å². The lowest BCUT2D eigenvalue weighted by atomic mass is 9.86. The summed E-state index contributed by atoms with van der Waals surface area (Å²) in [5.74, 6) is -0.664. The molecule has 3 heteroatoms. The molecule has 1 heterocycles. The van der Waals surface area contributed by atoms with Crippen molar-refractivity contribution in [1.82, 2.24) is 4.98 Å². The van der Waals surface area contributed by atoms with Crippen LogP contribution in [0.25, 0.3) is 0 Å². The van der Waals surface area contributed by atoms with Crippen molar-refractivity contribution in [2.75, 3.05) is 0 Å². The van der Waals surface area contributed by atoms with Gasteiger partial charge in [-0.1, -0.05) is 17.7 Å². The average molecular weight is 307 g/mol. The van der Waals surface area contributed by atoms with Crippen molar-refractivity contribution in [2.24, 2.45) is 5.92 Å². The van der Waals surface area contributed by atoms with Crippen LogP contribution < -0.4 is 0 Å². The summed E-state index contributed by atoms with van der Waals surface area (Å²) in [6, 6.07) is 7.93. The van der Waals surface area contributed by atoms with E-state index in [9.17, 15) is 9.59 Å². The SMILES string of the molecule is Cc1cc(C)c(C2C(=O)CC(Cc3ccncc3)C2=O)c(C)c1. The molecule has 0 bridgehead atoms. The number of rotatable bonds is 3. The summed E-state index contributed by atoms with van der Waals surface area (Å²) in [4.78, 5) is 29.4. The van der Waals surface area contributed by atoms with Crippen LogP contribution in [-0.2, 0) is 16.0 Å². The minimum Gasteiger partial charge on any atom is -0.298 e. The third-order valence-electron chi connectivity index (χ3n) is 4.71. The molecule has 0 amide bonds. The second kappa shape index (κ2) is 6.07. The Bertz CT molecular complexity index is 741. The van der Waals surface area contributed by atoms with Gasteiger partial charge in [0.2, 0.25) is 0 Å². The monoisotopic (exact) mass is 307 g/mol. The second-order valence-corrected chi connectivity index (χ2v) is 6.57. The van der Waals surface area contributed by atoms with Crippen molar-refractivity contribution in [2.45, 2.75) is 39.5 Å². The number of aryl methyl sites for hydroxylation is 3. The molecule has 23 heavy (non-hydrogen) atoms. The van der Waals surface area contributed by atoms with Gasteiger partial charge in [-0.15, -0.1) is 0 Å². The molecule has 2 aromatic rings. The number of hydrogen-bond acceptors (Lipinski definition) is 3. The summed E-state index contributed by atoms with van der Waals surface area (Å²) in [6.07, 6.45) is 4.41. The van der Waals surface area contributed by atoms with Crippen LogP contribution in [0, 0.1) is 26.7 Å². The van der Waals surface area contributed by atoms with Gasteiger partial charge in [-0.25, -0.2) is 0 Å². The topological polar surface area (TPSA) is 47.0 Å². The molecule has 1 aliphatic carbocycles. The van der Waals surface area contributed by atoms with Crippen molar-refractivity contribution < 1.29 is 9.59 Å². The summed E-state index contributed by atoms with van der Waals surface area (Å²) >= 11 is 0. The third-order valence-corrected chi connectivity index (χ3v) is 4.71. The van der Waals surface area contributed by atoms with Crippen LogP contribution in [0.3, 0.4) is 0 Å². The predicted octanol–water partition coefficient (Wildman–Crippen LogP) is 3.49. The fraction of sp³-hybridized carbons (Fsp3) is 0.350. The van der Waals surface area contributed by atoms with Crippen molar-refractivity contribution in [1.29, 1.82) is 0 Å². The van der Waals surface area contributed by atoms with Gasteiger partial charge < -0.3 is 0 Å². The van der Waals surface area contributed by atoms with Crippen LogP contribution >= 0.6 is 0 Å². The predicted molar refractivity (Wildman–Crippen MR) is 89.5 cm³/mol. The maximum atomic E-state index is 12.9. The van der Waals surface area contributed by atoms with Crippen LogP contribution in [0.2, 0.25) is 0 Å². The molecule has 0 spiro atoms. The van der Waals surface area contributed by atoms with Crippen LogP contribution in [0.4, 0.5) is 0 Å². The molecule has 0 radical (unpaired) electrons. The molecular formula is C20H21NO2. The number of nitrogens with zero attached hydrogens (tertiary/aromatic N) is 1. The lowest BCUT2D eigenvalue weighted by molar-refractivity contribution is -0.124. The molecule has 0 N–H and O–H groups in total. The van der Waals surface area contributed by atoms with E-state index in [1.807, 2.05) is 32.9 Å². The second-order valence-electron chi connectivity index (χ2n) is 6.57. The molecule has 3 nitrogen and oxygen atoms in total. The Kier molecular flexibility index (Phi) is 4.12. The van der Waals surface area contributed by atoms with Gasteiger partial charge in [0.25, 0.3) is 0 Å². The van der Waals surface area contributed by atoms with Crippen molar-refractivity contribution in [3.63, 3.8) is 0 Å². The normalized spacial score (nSPS) is 21.0. The smallest absolute Gasteiger partial charge is 0.151 e. The average Bonchev–Trinajstić information content (AvgIpc) is 2.75. The summed E-state index contributed by atoms with van der Waals surface area (Å²) in [5.41, 5.74) is 5.22. The maximum Gasteiger partial charge on any atom is 0.151 e. The van der Waals surface area contributed by atoms with Gasteiger partial charge in [0.05, 0.1) is 0 Å². The number of carbonyl (C=O) groups is 2. The first-order valence-electron chi connectivity index (χ1n) is 8.00. The lowest BCUT2D eigenvalue weighted by Gasteiger charge is -2.16. The number of ketones is 2. The minimum atomic E-state index is -0.581. The van der Waals surface area contributed by atoms with Gasteiger partial charge in [-0.05, 0) is 61.6 Å². The van der Waals surface area contributed by atoms with Crippen LogP contribution in [0.5, 0.6) is 0 Å². The summed E-state index contributed by atoms with van der Waals surface area (Å²) in [6.45, 7) is 6.02. The zero-order valence-corrected chi connectivity index (χ0v) is 13.8. The van der Waals surface area contributed by atoms with Crippen LogP contribution in [-0.4, -0.2) is 16.6 Å². The number of aromatic nitrogens is 1. The van der Waals surface area contributed by atoms with E-state index in [1.165, 1.54) is 0 Å². The van der Waals surface area contributed by atoms with Gasteiger partial charge >= 0.3 is 0 Å². The lowest BCUT2D eigenvalue weighted by Crippen LogP contribution is -2.18. The van der Waals surface area contributed by atoms with Gasteiger partial charge in [0, 0.05) is 24.7 Å². The van der Waals surface area contributed by atoms with Crippen molar-refractivity contribution >= 4 is 11.6 Å². The number of benzene rings is 1. The molecule has 2 unspecified atom stereocenters. The molecule has 1 aromatic heterocycles. The van der Waals surface area contributed by atoms with Gasteiger partial charge in [-0.2, -0.15) is 0 Å². The molecular weight excluding hydrogens is 286 g/mol. The van der Waals surface area contributed by atoms with E-state index in [4.69, 9.17) is 0 Å². The highest BCUT2D eigenvalue weighted by Crippen LogP contribution is 2.37. The molecule has 1 saturated carbocycles. The Hall–Kier alpha value is -2.29. The fourth-order valence-corrected chi connectivity index (χ4v) is 3.78. The summed E-state index contributed by atoms with van der Waals surface area (Å²) in [5, 5.41) is 0. The summed E-state index contributed by atoms with van der Waals surface area (Å²) in [7, 11) is 0. The standard InChI is InChI=1S/C20H21NO2/c1-12-8-13(2)18(14(3)9-12)19-17(22)11-16(20(19)23)10-15-4-6-21-7-5-15/h4-9,16,19H,10-11H2,1-3H3. The molecule has 1 fully saturated rings. The Morgan fingerprint density at radius 2 is 1.65 bits per heavy atom. The van der Waals surface area contributed by atoms with Gasteiger partial charge in [-0.3, -0.25) is 14.6 Å². The third kappa shape index (κ3) is 2.96. The van der Waals surface area contributed by atoms with E-state index in [0.29, 0.717) is 12.8 Å². The molecule has 1 aliphatic rings. The maximum absolute atomic E-state index is 12.9. The molecule has 3 rings (SSSR count). The van der Waals surface area contributed by atoms with Gasteiger partial charge in [0.1, 0.15) is 11.7 Å².